The molecule has 9 heteroatoms. The third-order valence-electron chi connectivity index (χ3n) is 5.99. The first kappa shape index (κ1) is 24.9. The van der Waals surface area contributed by atoms with Crippen molar-refractivity contribution in [1.29, 1.82) is 0 Å². The molecule has 34 heavy (non-hydrogen) atoms. The van der Waals surface area contributed by atoms with E-state index in [1.807, 2.05) is 37.3 Å². The molecule has 1 aromatic heterocycles. The topological polar surface area (TPSA) is 66.4 Å². The largest absolute Gasteiger partial charge is 0.355 e. The van der Waals surface area contributed by atoms with Crippen molar-refractivity contribution in [1.82, 2.24) is 14.3 Å². The maximum atomic E-state index is 13.4. The van der Waals surface area contributed by atoms with Crippen LogP contribution in [0.3, 0.4) is 0 Å². The van der Waals surface area contributed by atoms with Gasteiger partial charge >= 0.3 is 0 Å². The van der Waals surface area contributed by atoms with Gasteiger partial charge in [0.15, 0.2) is 5.82 Å². The van der Waals surface area contributed by atoms with E-state index in [-0.39, 0.29) is 15.8 Å². The summed E-state index contributed by atoms with van der Waals surface area (Å²) in [5.74, 6) is 1.78. The predicted molar refractivity (Wildman–Crippen MR) is 138 cm³/mol. The van der Waals surface area contributed by atoms with Crippen LogP contribution in [-0.2, 0) is 10.0 Å². The Hall–Kier alpha value is -2.19. The van der Waals surface area contributed by atoms with E-state index in [2.05, 4.69) is 18.7 Å². The Morgan fingerprint density at radius 3 is 2.38 bits per heavy atom. The zero-order valence-electron chi connectivity index (χ0n) is 19.5. The molecule has 180 valence electrons. The summed E-state index contributed by atoms with van der Waals surface area (Å²) in [6.45, 7) is 8.21. The van der Waals surface area contributed by atoms with Crippen molar-refractivity contribution in [3.05, 3.63) is 69.8 Å². The number of sulfonamides is 1. The first-order valence-corrected chi connectivity index (χ1v) is 13.5. The second kappa shape index (κ2) is 10.2. The lowest BCUT2D eigenvalue weighted by Gasteiger charge is -2.27. The van der Waals surface area contributed by atoms with Gasteiger partial charge in [0, 0.05) is 48.0 Å². The van der Waals surface area contributed by atoms with E-state index in [1.165, 1.54) is 16.4 Å². The van der Waals surface area contributed by atoms with E-state index >= 15 is 0 Å². The van der Waals surface area contributed by atoms with Gasteiger partial charge in [-0.05, 0) is 37.5 Å². The summed E-state index contributed by atoms with van der Waals surface area (Å²) >= 11 is 12.3. The highest BCUT2D eigenvalue weighted by atomic mass is 35.5. The highest BCUT2D eigenvalue weighted by molar-refractivity contribution is 7.89. The van der Waals surface area contributed by atoms with Gasteiger partial charge in [0.25, 0.3) is 0 Å². The summed E-state index contributed by atoms with van der Waals surface area (Å²) in [6.07, 6.45) is 0.665. The fraction of sp³-hybridized carbons (Fsp3) is 0.360. The molecule has 3 aromatic rings. The van der Waals surface area contributed by atoms with E-state index in [9.17, 15) is 8.42 Å². The predicted octanol–water partition coefficient (Wildman–Crippen LogP) is 5.78. The summed E-state index contributed by atoms with van der Waals surface area (Å²) in [6, 6.07) is 14.4. The Morgan fingerprint density at radius 1 is 0.941 bits per heavy atom. The molecule has 0 amide bonds. The first-order chi connectivity index (χ1) is 16.2. The van der Waals surface area contributed by atoms with Gasteiger partial charge in [-0.15, -0.1) is 0 Å². The Labute approximate surface area is 211 Å². The van der Waals surface area contributed by atoms with Crippen molar-refractivity contribution in [3.63, 3.8) is 0 Å². The van der Waals surface area contributed by atoms with Gasteiger partial charge in [-0.3, -0.25) is 0 Å². The molecule has 4 rings (SSSR count). The van der Waals surface area contributed by atoms with Crippen molar-refractivity contribution in [2.75, 3.05) is 31.1 Å². The van der Waals surface area contributed by atoms with E-state index in [0.717, 1.165) is 22.6 Å². The average molecular weight is 519 g/mol. The number of hydrogen-bond acceptors (Lipinski definition) is 5. The van der Waals surface area contributed by atoms with Crippen LogP contribution >= 0.6 is 23.2 Å². The number of benzene rings is 2. The number of aromatic nitrogens is 2. The lowest BCUT2D eigenvalue weighted by Crippen LogP contribution is -2.36. The molecular weight excluding hydrogens is 491 g/mol. The summed E-state index contributed by atoms with van der Waals surface area (Å²) < 4.78 is 28.2. The summed E-state index contributed by atoms with van der Waals surface area (Å²) in [4.78, 5) is 12.0. The monoisotopic (exact) mass is 518 g/mol. The molecule has 0 unspecified atom stereocenters. The van der Waals surface area contributed by atoms with Gasteiger partial charge < -0.3 is 4.90 Å². The Bertz CT molecular complexity index is 1280. The van der Waals surface area contributed by atoms with E-state index in [4.69, 9.17) is 33.2 Å². The molecule has 0 aliphatic carbocycles. The smallest absolute Gasteiger partial charge is 0.244 e. The first-order valence-electron chi connectivity index (χ1n) is 11.3. The highest BCUT2D eigenvalue weighted by Crippen LogP contribution is 2.33. The standard InChI is InChI=1S/C25H28Cl2N4O2S/c1-17(2)23-18(3)28-24(19-8-5-4-6-9-19)29-25(23)30-12-7-13-31(15-14-30)34(32,33)22-16-20(26)10-11-21(22)27/h4-6,8-11,16-17H,7,12-15H2,1-3H3. The van der Waals surface area contributed by atoms with Crippen molar-refractivity contribution >= 4 is 39.0 Å². The molecule has 2 aromatic carbocycles. The molecule has 0 N–H and O–H groups in total. The number of hydrogen-bond donors (Lipinski definition) is 0. The Morgan fingerprint density at radius 2 is 1.68 bits per heavy atom. The van der Waals surface area contributed by atoms with Crippen molar-refractivity contribution in [3.8, 4) is 11.4 Å². The summed E-state index contributed by atoms with van der Waals surface area (Å²) in [7, 11) is -3.77. The number of anilines is 1. The zero-order chi connectivity index (χ0) is 24.5. The maximum absolute atomic E-state index is 13.4. The van der Waals surface area contributed by atoms with Crippen LogP contribution in [-0.4, -0.2) is 48.9 Å². The SMILES string of the molecule is Cc1nc(-c2ccccc2)nc(N2CCCN(S(=O)(=O)c3cc(Cl)ccc3Cl)CC2)c1C(C)C. The van der Waals surface area contributed by atoms with Gasteiger partial charge in [0.05, 0.1) is 5.02 Å². The second-order valence-corrected chi connectivity index (χ2v) is 11.5. The van der Waals surface area contributed by atoms with E-state index in [1.54, 1.807) is 6.07 Å². The van der Waals surface area contributed by atoms with Crippen LogP contribution in [0.25, 0.3) is 11.4 Å². The van der Waals surface area contributed by atoms with Gasteiger partial charge in [-0.2, -0.15) is 4.31 Å². The summed E-state index contributed by atoms with van der Waals surface area (Å²) in [5.41, 5.74) is 2.99. The fourth-order valence-electron chi connectivity index (χ4n) is 4.36. The molecule has 1 aliphatic heterocycles. The molecule has 0 saturated carbocycles. The lowest BCUT2D eigenvalue weighted by molar-refractivity contribution is 0.433. The molecule has 1 fully saturated rings. The Balaban J connectivity index is 1.67. The van der Waals surface area contributed by atoms with Crippen LogP contribution in [0.2, 0.25) is 10.0 Å². The Kier molecular flexibility index (Phi) is 7.48. The maximum Gasteiger partial charge on any atom is 0.244 e. The number of aryl methyl sites for hydroxylation is 1. The van der Waals surface area contributed by atoms with Crippen molar-refractivity contribution < 1.29 is 8.42 Å². The third-order valence-corrected chi connectivity index (χ3v) is 8.61. The molecule has 0 spiro atoms. The highest BCUT2D eigenvalue weighted by Gasteiger charge is 2.30. The zero-order valence-corrected chi connectivity index (χ0v) is 21.8. The lowest BCUT2D eigenvalue weighted by atomic mass is 10.0. The van der Waals surface area contributed by atoms with Crippen LogP contribution in [0.15, 0.2) is 53.4 Å². The quantitative estimate of drug-likeness (QED) is 0.427. The molecular formula is C25H28Cl2N4O2S. The fourth-order valence-corrected chi connectivity index (χ4v) is 6.57. The molecule has 0 atom stereocenters. The average Bonchev–Trinajstić information content (AvgIpc) is 3.07. The minimum Gasteiger partial charge on any atom is -0.355 e. The number of rotatable bonds is 5. The van der Waals surface area contributed by atoms with E-state index in [0.29, 0.717) is 43.4 Å². The molecule has 1 aliphatic rings. The van der Waals surface area contributed by atoms with Gasteiger partial charge in [0.2, 0.25) is 10.0 Å². The number of halogens is 2. The molecule has 6 nitrogen and oxygen atoms in total. The normalized spacial score (nSPS) is 15.5. The molecule has 0 radical (unpaired) electrons. The molecule has 1 saturated heterocycles. The third kappa shape index (κ3) is 5.08. The second-order valence-electron chi connectivity index (χ2n) is 8.71. The minimum absolute atomic E-state index is 0.0437. The van der Waals surface area contributed by atoms with Crippen LogP contribution in [0.5, 0.6) is 0 Å². The van der Waals surface area contributed by atoms with Crippen LogP contribution < -0.4 is 4.90 Å². The van der Waals surface area contributed by atoms with Crippen LogP contribution in [0.1, 0.15) is 37.4 Å². The van der Waals surface area contributed by atoms with Crippen molar-refractivity contribution in [2.24, 2.45) is 0 Å². The van der Waals surface area contributed by atoms with Crippen molar-refractivity contribution in [2.45, 2.75) is 38.0 Å². The summed E-state index contributed by atoms with van der Waals surface area (Å²) in [5, 5.41) is 0.512. The molecule has 2 heterocycles. The van der Waals surface area contributed by atoms with Gasteiger partial charge in [-0.1, -0.05) is 67.4 Å². The van der Waals surface area contributed by atoms with Crippen LogP contribution in [0.4, 0.5) is 5.82 Å². The van der Waals surface area contributed by atoms with Gasteiger partial charge in [0.1, 0.15) is 10.7 Å². The van der Waals surface area contributed by atoms with Gasteiger partial charge in [-0.25, -0.2) is 18.4 Å². The minimum atomic E-state index is -3.77. The number of nitrogens with zero attached hydrogens (tertiary/aromatic N) is 4. The molecule has 0 bridgehead atoms. The van der Waals surface area contributed by atoms with E-state index < -0.39 is 10.0 Å². The van der Waals surface area contributed by atoms with Crippen LogP contribution in [0, 0.1) is 6.92 Å².